The van der Waals surface area contributed by atoms with Crippen LogP contribution < -0.4 is 14.9 Å². The summed E-state index contributed by atoms with van der Waals surface area (Å²) in [6, 6.07) is 14.8. The van der Waals surface area contributed by atoms with Gasteiger partial charge in [0, 0.05) is 25.3 Å². The Hall–Kier alpha value is -2.54. The molecule has 0 spiro atoms. The molecule has 2 aromatic rings. The van der Waals surface area contributed by atoms with Gasteiger partial charge in [-0.1, -0.05) is 24.3 Å². The fraction of sp³-hybridized carbons (Fsp3) is 0.316. The largest absolute Gasteiger partial charge is 0.370 e. The molecule has 2 aromatic carbocycles. The van der Waals surface area contributed by atoms with Crippen LogP contribution >= 0.6 is 0 Å². The Bertz CT molecular complexity index is 866. The molecule has 1 amide bonds. The van der Waals surface area contributed by atoms with Gasteiger partial charge in [0.1, 0.15) is 0 Å². The molecule has 0 heterocycles. The lowest BCUT2D eigenvalue weighted by Crippen LogP contribution is -2.35. The molecule has 26 heavy (non-hydrogen) atoms. The van der Waals surface area contributed by atoms with Crippen molar-refractivity contribution in [3.63, 3.8) is 0 Å². The highest BCUT2D eigenvalue weighted by Crippen LogP contribution is 2.17. The van der Waals surface area contributed by atoms with Crippen LogP contribution in [0, 0.1) is 6.92 Å². The number of amides is 1. The van der Waals surface area contributed by atoms with Crippen molar-refractivity contribution in [2.24, 2.45) is 0 Å². The van der Waals surface area contributed by atoms with Gasteiger partial charge < -0.3 is 10.2 Å². The van der Waals surface area contributed by atoms with Crippen LogP contribution in [0.3, 0.4) is 0 Å². The lowest BCUT2D eigenvalue weighted by Gasteiger charge is -2.23. The Morgan fingerprint density at radius 1 is 1.12 bits per heavy atom. The second kappa shape index (κ2) is 8.71. The molecule has 0 saturated carbocycles. The van der Waals surface area contributed by atoms with Gasteiger partial charge in [0.2, 0.25) is 10.0 Å². The maximum Gasteiger partial charge on any atom is 0.253 e. The quantitative estimate of drug-likeness (QED) is 0.743. The van der Waals surface area contributed by atoms with Crippen molar-refractivity contribution in [3.05, 3.63) is 59.7 Å². The minimum absolute atomic E-state index is 0.276. The molecular formula is C19H25N3O3S. The average Bonchev–Trinajstić information content (AvgIpc) is 2.57. The van der Waals surface area contributed by atoms with Crippen LogP contribution in [0.15, 0.2) is 48.5 Å². The smallest absolute Gasteiger partial charge is 0.253 e. The number of para-hydroxylation sites is 1. The predicted octanol–water partition coefficient (Wildman–Crippen LogP) is 2.62. The molecule has 0 atom stereocenters. The van der Waals surface area contributed by atoms with Crippen molar-refractivity contribution in [2.75, 3.05) is 35.5 Å². The van der Waals surface area contributed by atoms with Crippen LogP contribution in [-0.2, 0) is 10.0 Å². The summed E-state index contributed by atoms with van der Waals surface area (Å²) in [5.74, 6) is -0.308. The van der Waals surface area contributed by atoms with Gasteiger partial charge in [-0.2, -0.15) is 0 Å². The zero-order valence-electron chi connectivity index (χ0n) is 15.3. The Labute approximate surface area is 155 Å². The number of carbonyl (C=O) groups excluding carboxylic acids is 1. The van der Waals surface area contributed by atoms with Gasteiger partial charge in [-0.15, -0.1) is 0 Å². The minimum atomic E-state index is -3.45. The zero-order chi connectivity index (χ0) is 19.2. The summed E-state index contributed by atoms with van der Waals surface area (Å²) >= 11 is 0. The maximum absolute atomic E-state index is 12.4. The summed E-state index contributed by atoms with van der Waals surface area (Å²) in [6.45, 7) is 6.05. The summed E-state index contributed by atoms with van der Waals surface area (Å²) in [6.07, 6.45) is 1.06. The van der Waals surface area contributed by atoms with E-state index in [1.807, 2.05) is 25.1 Å². The third kappa shape index (κ3) is 5.77. The lowest BCUT2D eigenvalue weighted by atomic mass is 10.1. The summed E-state index contributed by atoms with van der Waals surface area (Å²) < 4.78 is 25.3. The second-order valence-corrected chi connectivity index (χ2v) is 7.84. The number of nitrogens with one attached hydrogen (secondary N) is 2. The van der Waals surface area contributed by atoms with E-state index >= 15 is 0 Å². The van der Waals surface area contributed by atoms with Gasteiger partial charge in [0.05, 0.1) is 17.5 Å². The molecule has 2 N–H and O–H groups in total. The molecule has 7 heteroatoms. The summed E-state index contributed by atoms with van der Waals surface area (Å²) in [5.41, 5.74) is 2.88. The number of hydrogen-bond acceptors (Lipinski definition) is 4. The first kappa shape index (κ1) is 19.8. The number of benzene rings is 2. The molecule has 0 aliphatic rings. The number of likely N-dealkylation sites (N-methyl/N-ethyl adjacent to an activating group) is 1. The van der Waals surface area contributed by atoms with E-state index in [2.05, 4.69) is 27.9 Å². The molecule has 6 nitrogen and oxygen atoms in total. The molecule has 0 aliphatic carbocycles. The minimum Gasteiger partial charge on any atom is -0.370 e. The molecule has 0 radical (unpaired) electrons. The van der Waals surface area contributed by atoms with Gasteiger partial charge in [-0.05, 0) is 43.7 Å². The Morgan fingerprint density at radius 3 is 2.50 bits per heavy atom. The predicted molar refractivity (Wildman–Crippen MR) is 106 cm³/mol. The normalized spacial score (nSPS) is 11.0. The van der Waals surface area contributed by atoms with Crippen LogP contribution in [0.25, 0.3) is 0 Å². The van der Waals surface area contributed by atoms with Crippen molar-refractivity contribution in [1.29, 1.82) is 0 Å². The third-order valence-electron chi connectivity index (χ3n) is 3.88. The molecule has 0 aromatic heterocycles. The number of anilines is 2. The number of carbonyl (C=O) groups is 1. The van der Waals surface area contributed by atoms with E-state index in [0.29, 0.717) is 18.7 Å². The fourth-order valence-corrected chi connectivity index (χ4v) is 3.24. The van der Waals surface area contributed by atoms with E-state index in [9.17, 15) is 13.2 Å². The number of hydrogen-bond donors (Lipinski definition) is 2. The standard InChI is InChI=1S/C19H25N3O3S/c1-4-22(16-9-7-8-15(2)14-16)13-12-20-19(23)17-10-5-6-11-18(17)21-26(3,24)25/h5-11,14,21H,4,12-13H2,1-3H3,(H,20,23). The van der Waals surface area contributed by atoms with Gasteiger partial charge >= 0.3 is 0 Å². The Balaban J connectivity index is 2.00. The van der Waals surface area contributed by atoms with E-state index in [0.717, 1.165) is 18.5 Å². The first-order chi connectivity index (χ1) is 12.3. The summed E-state index contributed by atoms with van der Waals surface area (Å²) in [4.78, 5) is 14.6. The van der Waals surface area contributed by atoms with E-state index in [1.54, 1.807) is 24.3 Å². The SMILES string of the molecule is CCN(CCNC(=O)c1ccccc1NS(C)(=O)=O)c1cccc(C)c1. The first-order valence-electron chi connectivity index (χ1n) is 8.47. The van der Waals surface area contributed by atoms with Crippen LogP contribution in [0.2, 0.25) is 0 Å². The van der Waals surface area contributed by atoms with E-state index < -0.39 is 10.0 Å². The highest BCUT2D eigenvalue weighted by Gasteiger charge is 2.13. The highest BCUT2D eigenvalue weighted by atomic mass is 32.2. The molecule has 0 aliphatic heterocycles. The van der Waals surface area contributed by atoms with Crippen LogP contribution in [0.4, 0.5) is 11.4 Å². The van der Waals surface area contributed by atoms with Crippen molar-refractivity contribution in [2.45, 2.75) is 13.8 Å². The molecular weight excluding hydrogens is 350 g/mol. The van der Waals surface area contributed by atoms with Crippen molar-refractivity contribution >= 4 is 27.3 Å². The van der Waals surface area contributed by atoms with E-state index in [4.69, 9.17) is 0 Å². The monoisotopic (exact) mass is 375 g/mol. The van der Waals surface area contributed by atoms with Crippen LogP contribution in [0.5, 0.6) is 0 Å². The van der Waals surface area contributed by atoms with Crippen LogP contribution in [0.1, 0.15) is 22.8 Å². The van der Waals surface area contributed by atoms with Gasteiger partial charge in [0.15, 0.2) is 0 Å². The van der Waals surface area contributed by atoms with E-state index in [1.165, 1.54) is 5.56 Å². The lowest BCUT2D eigenvalue weighted by molar-refractivity contribution is 0.0955. The molecule has 0 unspecified atom stereocenters. The van der Waals surface area contributed by atoms with Crippen LogP contribution in [-0.4, -0.2) is 40.2 Å². The third-order valence-corrected chi connectivity index (χ3v) is 4.47. The number of nitrogens with zero attached hydrogens (tertiary/aromatic N) is 1. The Kier molecular flexibility index (Phi) is 6.63. The van der Waals surface area contributed by atoms with Gasteiger partial charge in [-0.25, -0.2) is 8.42 Å². The number of sulfonamides is 1. The van der Waals surface area contributed by atoms with Crippen molar-refractivity contribution < 1.29 is 13.2 Å². The summed E-state index contributed by atoms with van der Waals surface area (Å²) in [7, 11) is -3.45. The van der Waals surface area contributed by atoms with Gasteiger partial charge in [0.25, 0.3) is 5.91 Å². The van der Waals surface area contributed by atoms with E-state index in [-0.39, 0.29) is 11.6 Å². The second-order valence-electron chi connectivity index (χ2n) is 6.09. The summed E-state index contributed by atoms with van der Waals surface area (Å²) in [5, 5.41) is 2.86. The number of aryl methyl sites for hydroxylation is 1. The number of rotatable bonds is 8. The van der Waals surface area contributed by atoms with Gasteiger partial charge in [-0.3, -0.25) is 9.52 Å². The highest BCUT2D eigenvalue weighted by molar-refractivity contribution is 7.92. The molecule has 140 valence electrons. The van der Waals surface area contributed by atoms with Crippen molar-refractivity contribution in [3.8, 4) is 0 Å². The molecule has 0 saturated heterocycles. The first-order valence-corrected chi connectivity index (χ1v) is 10.4. The topological polar surface area (TPSA) is 78.5 Å². The Morgan fingerprint density at radius 2 is 1.85 bits per heavy atom. The average molecular weight is 375 g/mol. The molecule has 0 bridgehead atoms. The van der Waals surface area contributed by atoms with Crippen molar-refractivity contribution in [1.82, 2.24) is 5.32 Å². The zero-order valence-corrected chi connectivity index (χ0v) is 16.1. The molecule has 2 rings (SSSR count). The fourth-order valence-electron chi connectivity index (χ4n) is 2.66. The maximum atomic E-state index is 12.4. The molecule has 0 fully saturated rings.